The van der Waals surface area contributed by atoms with Gasteiger partial charge in [0.15, 0.2) is 10.1 Å². The fourth-order valence-corrected chi connectivity index (χ4v) is 4.21. The van der Waals surface area contributed by atoms with Crippen LogP contribution in [0.5, 0.6) is 0 Å². The van der Waals surface area contributed by atoms with Gasteiger partial charge in [0.2, 0.25) is 0 Å². The van der Waals surface area contributed by atoms with Crippen LogP contribution in [0.25, 0.3) is 0 Å². The summed E-state index contributed by atoms with van der Waals surface area (Å²) < 4.78 is 0.0628. The van der Waals surface area contributed by atoms with Gasteiger partial charge in [-0.25, -0.2) is 0 Å². The van der Waals surface area contributed by atoms with Crippen molar-refractivity contribution < 1.29 is 9.72 Å². The molecule has 0 saturated carbocycles. The molecule has 1 aliphatic rings. The normalized spacial score (nSPS) is 14.8. The molecule has 0 unspecified atom stereocenters. The Kier molecular flexibility index (Phi) is 10.4. The molecule has 0 N–H and O–H groups in total. The van der Waals surface area contributed by atoms with Gasteiger partial charge < -0.3 is 4.90 Å². The second-order valence-electron chi connectivity index (χ2n) is 6.30. The third-order valence-corrected chi connectivity index (χ3v) is 5.89. The smallest absolute Gasteiger partial charge is 0.299 e. The molecule has 0 spiro atoms. The fourth-order valence-electron chi connectivity index (χ4n) is 3.02. The molecule has 0 amide bonds. The Morgan fingerprint density at radius 2 is 1.71 bits per heavy atom. The van der Waals surface area contributed by atoms with Crippen molar-refractivity contribution in [1.29, 1.82) is 0 Å². The molecule has 1 aromatic carbocycles. The Bertz CT molecular complexity index is 781. The first-order valence-electron chi connectivity index (χ1n) is 8.48. The van der Waals surface area contributed by atoms with E-state index in [1.807, 2.05) is 6.07 Å². The highest BCUT2D eigenvalue weighted by Gasteiger charge is 2.22. The van der Waals surface area contributed by atoms with Crippen molar-refractivity contribution in [3.05, 3.63) is 61.3 Å². The van der Waals surface area contributed by atoms with Crippen molar-refractivity contribution >= 4 is 59.2 Å². The van der Waals surface area contributed by atoms with Gasteiger partial charge in [-0.1, -0.05) is 41.9 Å². The monoisotopic (exact) mass is 465 g/mol. The summed E-state index contributed by atoms with van der Waals surface area (Å²) in [7, 11) is 0. The van der Waals surface area contributed by atoms with Crippen molar-refractivity contribution in [2.45, 2.75) is 13.0 Å². The molecular formula is C18H22Cl3N3O3S. The Hall–Kier alpha value is -1.22. The maximum Gasteiger partial charge on any atom is 0.299 e. The summed E-state index contributed by atoms with van der Waals surface area (Å²) in [6.07, 6.45) is 0.354. The second kappa shape index (κ2) is 11.7. The van der Waals surface area contributed by atoms with Crippen molar-refractivity contribution in [2.24, 2.45) is 0 Å². The zero-order valence-electron chi connectivity index (χ0n) is 15.1. The van der Waals surface area contributed by atoms with Gasteiger partial charge in [0, 0.05) is 51.8 Å². The summed E-state index contributed by atoms with van der Waals surface area (Å²) in [6.45, 7) is 5.40. The number of carbonyl (C=O) groups excluding carboxylic acids is 1. The van der Waals surface area contributed by atoms with Crippen LogP contribution < -0.4 is 0 Å². The van der Waals surface area contributed by atoms with E-state index >= 15 is 0 Å². The van der Waals surface area contributed by atoms with Crippen LogP contribution in [0.3, 0.4) is 0 Å². The van der Waals surface area contributed by atoms with E-state index < -0.39 is 4.92 Å². The van der Waals surface area contributed by atoms with Gasteiger partial charge in [0.25, 0.3) is 5.69 Å². The van der Waals surface area contributed by atoms with Crippen LogP contribution in [0.4, 0.5) is 5.69 Å². The number of piperazine rings is 1. The van der Waals surface area contributed by atoms with Gasteiger partial charge in [0.05, 0.1) is 9.80 Å². The van der Waals surface area contributed by atoms with Gasteiger partial charge in [-0.3, -0.25) is 19.8 Å². The van der Waals surface area contributed by atoms with Crippen molar-refractivity contribution in [2.75, 3.05) is 32.7 Å². The Balaban J connectivity index is 0.00000196. The molecule has 0 bridgehead atoms. The minimum Gasteiger partial charge on any atom is -0.300 e. The van der Waals surface area contributed by atoms with E-state index in [9.17, 15) is 14.9 Å². The highest BCUT2D eigenvalue weighted by Crippen LogP contribution is 2.34. The molecule has 2 aromatic rings. The van der Waals surface area contributed by atoms with E-state index in [0.29, 0.717) is 17.8 Å². The Morgan fingerprint density at radius 3 is 2.29 bits per heavy atom. The lowest BCUT2D eigenvalue weighted by Crippen LogP contribution is -2.46. The molecule has 1 saturated heterocycles. The minimum absolute atomic E-state index is 0. The van der Waals surface area contributed by atoms with Crippen LogP contribution >= 0.6 is 47.8 Å². The second-order valence-corrected chi connectivity index (χ2v) is 7.96. The van der Waals surface area contributed by atoms with E-state index in [2.05, 4.69) is 34.1 Å². The number of nitrogens with zero attached hydrogens (tertiary/aromatic N) is 3. The van der Waals surface area contributed by atoms with Crippen molar-refractivity contribution in [3.8, 4) is 0 Å². The molecular weight excluding hydrogens is 445 g/mol. The first-order valence-corrected chi connectivity index (χ1v) is 9.68. The maximum atomic E-state index is 12.3. The van der Waals surface area contributed by atoms with E-state index in [4.69, 9.17) is 11.6 Å². The number of nitro groups is 1. The Labute approximate surface area is 185 Å². The van der Waals surface area contributed by atoms with Gasteiger partial charge in [-0.15, -0.1) is 36.2 Å². The van der Waals surface area contributed by atoms with Crippen LogP contribution in [0.2, 0.25) is 4.34 Å². The van der Waals surface area contributed by atoms with Crippen LogP contribution in [0.1, 0.15) is 21.7 Å². The third kappa shape index (κ3) is 6.69. The van der Waals surface area contributed by atoms with Crippen LogP contribution in [-0.4, -0.2) is 53.2 Å². The SMILES string of the molecule is Cl.Cl.O=C(CCN1CCN(Cc2ccccc2)CC1)c1cc([N+](=O)[O-])c(Cl)s1. The zero-order valence-corrected chi connectivity index (χ0v) is 18.3. The summed E-state index contributed by atoms with van der Waals surface area (Å²) in [5.74, 6) is -0.0864. The summed E-state index contributed by atoms with van der Waals surface area (Å²) in [5.41, 5.74) is 1.13. The van der Waals surface area contributed by atoms with E-state index in [1.54, 1.807) is 0 Å². The molecule has 1 fully saturated rings. The molecule has 154 valence electrons. The van der Waals surface area contributed by atoms with Crippen LogP contribution in [0, 0.1) is 10.1 Å². The number of ketones is 1. The third-order valence-electron chi connectivity index (χ3n) is 4.51. The lowest BCUT2D eigenvalue weighted by atomic mass is 10.2. The Morgan fingerprint density at radius 1 is 1.11 bits per heavy atom. The molecule has 0 aliphatic carbocycles. The predicted octanol–water partition coefficient (Wildman–Crippen LogP) is 4.54. The quantitative estimate of drug-likeness (QED) is 0.340. The topological polar surface area (TPSA) is 66.7 Å². The van der Waals surface area contributed by atoms with Crippen molar-refractivity contribution in [1.82, 2.24) is 9.80 Å². The van der Waals surface area contributed by atoms with Gasteiger partial charge in [-0.05, 0) is 5.56 Å². The fraction of sp³-hybridized carbons (Fsp3) is 0.389. The molecule has 0 atom stereocenters. The van der Waals surface area contributed by atoms with Crippen LogP contribution in [0.15, 0.2) is 36.4 Å². The molecule has 0 radical (unpaired) electrons. The molecule has 2 heterocycles. The average molecular weight is 467 g/mol. The van der Waals surface area contributed by atoms with Crippen molar-refractivity contribution in [3.63, 3.8) is 0 Å². The van der Waals surface area contributed by atoms with Gasteiger partial charge >= 0.3 is 0 Å². The first kappa shape index (κ1) is 24.8. The molecule has 28 heavy (non-hydrogen) atoms. The van der Waals surface area contributed by atoms with Gasteiger partial charge in [-0.2, -0.15) is 0 Å². The molecule has 6 nitrogen and oxygen atoms in total. The standard InChI is InChI=1S/C18H20ClN3O3S.2ClH/c19-18-15(22(24)25)12-17(26-18)16(23)6-7-20-8-10-21(11-9-20)13-14-4-2-1-3-5-14;;/h1-5,12H,6-11,13H2;2*1H. The highest BCUT2D eigenvalue weighted by atomic mass is 35.5. The number of halogens is 3. The number of rotatable bonds is 7. The predicted molar refractivity (Wildman–Crippen MR) is 118 cm³/mol. The number of thiophene rings is 1. The molecule has 1 aromatic heterocycles. The molecule has 10 heteroatoms. The summed E-state index contributed by atoms with van der Waals surface area (Å²) in [4.78, 5) is 27.6. The minimum atomic E-state index is -0.554. The highest BCUT2D eigenvalue weighted by molar-refractivity contribution is 7.18. The maximum absolute atomic E-state index is 12.3. The number of carbonyl (C=O) groups is 1. The van der Waals surface area contributed by atoms with E-state index in [-0.39, 0.29) is 40.6 Å². The van der Waals surface area contributed by atoms with E-state index in [1.165, 1.54) is 11.6 Å². The summed E-state index contributed by atoms with van der Waals surface area (Å²) in [5, 5.41) is 10.8. The summed E-state index contributed by atoms with van der Waals surface area (Å²) >= 11 is 6.81. The average Bonchev–Trinajstić information content (AvgIpc) is 3.04. The number of benzene rings is 1. The zero-order chi connectivity index (χ0) is 18.5. The first-order chi connectivity index (χ1) is 12.5. The van der Waals surface area contributed by atoms with E-state index in [0.717, 1.165) is 44.1 Å². The molecule has 3 rings (SSSR count). The summed E-state index contributed by atoms with van der Waals surface area (Å²) in [6, 6.07) is 11.7. The van der Waals surface area contributed by atoms with Crippen LogP contribution in [-0.2, 0) is 6.54 Å². The molecule has 1 aliphatic heterocycles. The number of Topliss-reactive ketones (excluding diaryl/α,β-unsaturated/α-hetero) is 1. The van der Waals surface area contributed by atoms with Gasteiger partial charge in [0.1, 0.15) is 0 Å². The lowest BCUT2D eigenvalue weighted by Gasteiger charge is -2.34. The largest absolute Gasteiger partial charge is 0.300 e. The number of hydrogen-bond donors (Lipinski definition) is 0. The lowest BCUT2D eigenvalue weighted by molar-refractivity contribution is -0.384. The number of hydrogen-bond acceptors (Lipinski definition) is 6.